The Balaban J connectivity index is 1.98. The number of nitrogens with one attached hydrogen (secondary N) is 1. The molecule has 128 valence electrons. The van der Waals surface area contributed by atoms with E-state index in [1.165, 1.54) is 0 Å². The van der Waals surface area contributed by atoms with Crippen molar-refractivity contribution < 1.29 is 32.5 Å². The zero-order valence-corrected chi connectivity index (χ0v) is 12.5. The predicted molar refractivity (Wildman–Crippen MR) is 75.0 cm³/mol. The largest absolute Gasteiger partial charge is 0.497 e. The number of aliphatic hydroxyl groups is 1. The molecule has 0 amide bonds. The summed E-state index contributed by atoms with van der Waals surface area (Å²) in [5.41, 5.74) is 0.884. The number of hydrogen-bond donors (Lipinski definition) is 2. The number of methoxy groups -OCH3 is 1. The molecule has 2 N–H and O–H groups in total. The van der Waals surface area contributed by atoms with Crippen LogP contribution in [0, 0.1) is 0 Å². The van der Waals surface area contributed by atoms with E-state index in [-0.39, 0.29) is 6.54 Å². The third-order valence-corrected chi connectivity index (χ3v) is 3.59. The van der Waals surface area contributed by atoms with Gasteiger partial charge in [-0.1, -0.05) is 12.1 Å². The first kappa shape index (κ1) is 17.6. The fraction of sp³-hybridized carbons (Fsp3) is 0.533. The van der Waals surface area contributed by atoms with E-state index in [0.717, 1.165) is 5.56 Å². The number of carbonyl (C=O) groups excluding carboxylic acids is 1. The maximum atomic E-state index is 12.2. The van der Waals surface area contributed by atoms with Crippen molar-refractivity contribution >= 4 is 5.97 Å². The molecule has 0 aromatic heterocycles. The van der Waals surface area contributed by atoms with Crippen molar-refractivity contribution in [3.8, 4) is 5.75 Å². The van der Waals surface area contributed by atoms with Gasteiger partial charge in [-0.25, -0.2) is 0 Å². The number of alkyl halides is 3. The van der Waals surface area contributed by atoms with Gasteiger partial charge in [0.15, 0.2) is 0 Å². The maximum Gasteiger partial charge on any atom is 0.399 e. The van der Waals surface area contributed by atoms with Gasteiger partial charge in [-0.3, -0.25) is 4.79 Å². The summed E-state index contributed by atoms with van der Waals surface area (Å²) in [6.07, 6.45) is -7.92. The monoisotopic (exact) mass is 333 g/mol. The first-order chi connectivity index (χ1) is 10.8. The van der Waals surface area contributed by atoms with Crippen LogP contribution in [0.3, 0.4) is 0 Å². The molecule has 3 atom stereocenters. The number of benzene rings is 1. The van der Waals surface area contributed by atoms with Crippen LogP contribution in [0.5, 0.6) is 5.75 Å². The van der Waals surface area contributed by atoms with E-state index in [9.17, 15) is 23.1 Å². The Hall–Kier alpha value is -1.80. The maximum absolute atomic E-state index is 12.2. The molecule has 1 heterocycles. The van der Waals surface area contributed by atoms with Gasteiger partial charge in [0.1, 0.15) is 24.4 Å². The van der Waals surface area contributed by atoms with Crippen molar-refractivity contribution in [1.29, 1.82) is 0 Å². The van der Waals surface area contributed by atoms with Gasteiger partial charge in [0.25, 0.3) is 0 Å². The third kappa shape index (κ3) is 5.11. The zero-order valence-electron chi connectivity index (χ0n) is 12.5. The van der Waals surface area contributed by atoms with E-state index in [2.05, 4.69) is 5.32 Å². The van der Waals surface area contributed by atoms with Crippen LogP contribution < -0.4 is 10.1 Å². The van der Waals surface area contributed by atoms with Gasteiger partial charge >= 0.3 is 12.1 Å². The number of carbonyl (C=O) groups is 1. The molecule has 5 nitrogen and oxygen atoms in total. The molecule has 1 aliphatic rings. The second kappa shape index (κ2) is 7.18. The van der Waals surface area contributed by atoms with E-state index in [1.807, 2.05) is 0 Å². The molecule has 0 spiro atoms. The molecule has 1 aliphatic heterocycles. The summed E-state index contributed by atoms with van der Waals surface area (Å²) in [4.78, 5) is 11.3. The van der Waals surface area contributed by atoms with Crippen LogP contribution in [0.15, 0.2) is 24.3 Å². The van der Waals surface area contributed by atoms with Crippen LogP contribution in [0.25, 0.3) is 0 Å². The van der Waals surface area contributed by atoms with Crippen LogP contribution in [-0.2, 0) is 16.0 Å². The lowest BCUT2D eigenvalue weighted by atomic mass is 10.0. The predicted octanol–water partition coefficient (Wildman–Crippen LogP) is 1.43. The molecule has 0 aliphatic carbocycles. The molecular formula is C15H18F3NO4. The van der Waals surface area contributed by atoms with Gasteiger partial charge in [-0.2, -0.15) is 13.2 Å². The first-order valence-electron chi connectivity index (χ1n) is 7.09. The molecule has 0 unspecified atom stereocenters. The van der Waals surface area contributed by atoms with E-state index in [4.69, 9.17) is 9.47 Å². The SMILES string of the molecule is COc1ccc(C[C@H]2NC[C@H](O)[C@H]2OC(=O)CC(F)(F)F)cc1. The van der Waals surface area contributed by atoms with Gasteiger partial charge in [-0.15, -0.1) is 0 Å². The molecule has 8 heteroatoms. The number of ether oxygens (including phenoxy) is 2. The van der Waals surface area contributed by atoms with Crippen molar-refractivity contribution in [3.05, 3.63) is 29.8 Å². The second-order valence-electron chi connectivity index (χ2n) is 5.38. The molecule has 1 aromatic rings. The quantitative estimate of drug-likeness (QED) is 0.798. The number of halogens is 3. The van der Waals surface area contributed by atoms with Crippen molar-refractivity contribution in [2.45, 2.75) is 37.3 Å². The Morgan fingerprint density at radius 3 is 2.57 bits per heavy atom. The highest BCUT2D eigenvalue weighted by molar-refractivity contribution is 5.70. The van der Waals surface area contributed by atoms with Crippen molar-refractivity contribution in [2.24, 2.45) is 0 Å². The summed E-state index contributed by atoms with van der Waals surface area (Å²) in [5.74, 6) is -0.702. The summed E-state index contributed by atoms with van der Waals surface area (Å²) in [6, 6.07) is 6.67. The van der Waals surface area contributed by atoms with E-state index in [0.29, 0.717) is 12.2 Å². The van der Waals surface area contributed by atoms with Crippen LogP contribution in [-0.4, -0.2) is 49.2 Å². The summed E-state index contributed by atoms with van der Waals surface area (Å²) in [6.45, 7) is 0.158. The Bertz CT molecular complexity index is 533. The average molecular weight is 333 g/mol. The van der Waals surface area contributed by atoms with E-state index in [1.54, 1.807) is 31.4 Å². The Morgan fingerprint density at radius 2 is 2.00 bits per heavy atom. The minimum atomic E-state index is -4.63. The van der Waals surface area contributed by atoms with Gasteiger partial charge < -0.3 is 19.9 Å². The summed E-state index contributed by atoms with van der Waals surface area (Å²) >= 11 is 0. The van der Waals surface area contributed by atoms with Gasteiger partial charge in [0, 0.05) is 6.54 Å². The highest BCUT2D eigenvalue weighted by atomic mass is 19.4. The number of aliphatic hydroxyl groups excluding tert-OH is 1. The van der Waals surface area contributed by atoms with E-state index < -0.39 is 36.8 Å². The molecule has 1 aromatic carbocycles. The molecule has 1 saturated heterocycles. The molecule has 0 radical (unpaired) electrons. The Morgan fingerprint density at radius 1 is 1.35 bits per heavy atom. The van der Waals surface area contributed by atoms with Crippen molar-refractivity contribution in [1.82, 2.24) is 5.32 Å². The highest BCUT2D eigenvalue weighted by Gasteiger charge is 2.40. The second-order valence-corrected chi connectivity index (χ2v) is 5.38. The van der Waals surface area contributed by atoms with Crippen LogP contribution in [0.4, 0.5) is 13.2 Å². The lowest BCUT2D eigenvalue weighted by Crippen LogP contribution is -2.39. The number of rotatable bonds is 5. The summed E-state index contributed by atoms with van der Waals surface area (Å²) < 4.78 is 46.5. The lowest BCUT2D eigenvalue weighted by molar-refractivity contribution is -0.178. The Labute approximate surface area is 131 Å². The first-order valence-corrected chi connectivity index (χ1v) is 7.09. The number of hydrogen-bond acceptors (Lipinski definition) is 5. The normalized spacial score (nSPS) is 24.5. The minimum absolute atomic E-state index is 0.158. The van der Waals surface area contributed by atoms with Crippen molar-refractivity contribution in [2.75, 3.05) is 13.7 Å². The van der Waals surface area contributed by atoms with Gasteiger partial charge in [0.2, 0.25) is 0 Å². The lowest BCUT2D eigenvalue weighted by Gasteiger charge is -2.22. The molecule has 23 heavy (non-hydrogen) atoms. The zero-order chi connectivity index (χ0) is 17.0. The molecule has 2 rings (SSSR count). The Kier molecular flexibility index (Phi) is 5.48. The van der Waals surface area contributed by atoms with Gasteiger partial charge in [0.05, 0.1) is 13.2 Å². The molecule has 0 saturated carbocycles. The third-order valence-electron chi connectivity index (χ3n) is 3.59. The van der Waals surface area contributed by atoms with Crippen LogP contribution >= 0.6 is 0 Å². The summed E-state index contributed by atoms with van der Waals surface area (Å²) in [5, 5.41) is 12.8. The van der Waals surface area contributed by atoms with Crippen LogP contribution in [0.1, 0.15) is 12.0 Å². The highest BCUT2D eigenvalue weighted by Crippen LogP contribution is 2.23. The molecule has 1 fully saturated rings. The fourth-order valence-electron chi connectivity index (χ4n) is 2.49. The van der Waals surface area contributed by atoms with Gasteiger partial charge in [-0.05, 0) is 24.1 Å². The average Bonchev–Trinajstić information content (AvgIpc) is 2.79. The summed E-state index contributed by atoms with van der Waals surface area (Å²) in [7, 11) is 1.54. The topological polar surface area (TPSA) is 67.8 Å². The van der Waals surface area contributed by atoms with Crippen molar-refractivity contribution in [3.63, 3.8) is 0 Å². The van der Waals surface area contributed by atoms with Crippen LogP contribution in [0.2, 0.25) is 0 Å². The fourth-order valence-corrected chi connectivity index (χ4v) is 2.49. The van der Waals surface area contributed by atoms with E-state index >= 15 is 0 Å². The smallest absolute Gasteiger partial charge is 0.399 e. The molecule has 0 bridgehead atoms. The number of β-amino-alcohol motifs (C(OH)–C–C–N with tert-alkyl or cyclic N) is 1. The molecular weight excluding hydrogens is 315 g/mol. The standard InChI is InChI=1S/C15H18F3NO4/c1-22-10-4-2-9(3-5-10)6-11-14(12(20)8-19-11)23-13(21)7-15(16,17)18/h2-5,11-12,14,19-20H,6-8H2,1H3/t11-,12+,14+/m1/s1. The minimum Gasteiger partial charge on any atom is -0.497 e. The number of esters is 1.